The van der Waals surface area contributed by atoms with Crippen molar-refractivity contribution in [2.45, 2.75) is 46.1 Å². The van der Waals surface area contributed by atoms with Crippen molar-refractivity contribution in [3.05, 3.63) is 24.3 Å². The fourth-order valence-electron chi connectivity index (χ4n) is 2.19. The Morgan fingerprint density at radius 2 is 1.76 bits per heavy atom. The molecular formula is C17H28N2O2. The molecule has 0 radical (unpaired) electrons. The normalized spacial score (nSPS) is 13.5. The molecule has 4 heteroatoms. The molecule has 0 saturated carbocycles. The van der Waals surface area contributed by atoms with Gasteiger partial charge in [-0.15, -0.1) is 0 Å². The van der Waals surface area contributed by atoms with E-state index in [4.69, 9.17) is 4.74 Å². The van der Waals surface area contributed by atoms with Crippen molar-refractivity contribution in [1.29, 1.82) is 0 Å². The Morgan fingerprint density at radius 1 is 1.14 bits per heavy atom. The summed E-state index contributed by atoms with van der Waals surface area (Å²) in [5.41, 5.74) is 1.88. The predicted molar refractivity (Wildman–Crippen MR) is 88.7 cm³/mol. The Hall–Kier alpha value is -1.55. The fourth-order valence-corrected chi connectivity index (χ4v) is 2.19. The molecule has 0 aliphatic carbocycles. The summed E-state index contributed by atoms with van der Waals surface area (Å²) in [7, 11) is 1.51. The number of carbonyl (C=O) groups excluding carboxylic acids is 1. The minimum absolute atomic E-state index is 0.0762. The van der Waals surface area contributed by atoms with Crippen LogP contribution in [0.4, 0.5) is 11.4 Å². The highest BCUT2D eigenvalue weighted by molar-refractivity contribution is 5.91. The van der Waals surface area contributed by atoms with Gasteiger partial charge < -0.3 is 15.4 Å². The van der Waals surface area contributed by atoms with E-state index in [1.165, 1.54) is 20.0 Å². The average Bonchev–Trinajstić information content (AvgIpc) is 2.48. The summed E-state index contributed by atoms with van der Waals surface area (Å²) in [4.78, 5) is 11.4. The Labute approximate surface area is 128 Å². The molecule has 1 aromatic rings. The van der Waals surface area contributed by atoms with Gasteiger partial charge in [0.15, 0.2) is 0 Å². The second-order valence-electron chi connectivity index (χ2n) is 5.56. The van der Waals surface area contributed by atoms with Crippen molar-refractivity contribution in [3.8, 4) is 0 Å². The Balaban J connectivity index is 2.54. The van der Waals surface area contributed by atoms with E-state index in [2.05, 4.69) is 31.4 Å². The first kappa shape index (κ1) is 17.5. The molecule has 0 spiro atoms. The van der Waals surface area contributed by atoms with Crippen LogP contribution in [0.25, 0.3) is 0 Å². The van der Waals surface area contributed by atoms with E-state index in [0.717, 1.165) is 23.7 Å². The van der Waals surface area contributed by atoms with Crippen molar-refractivity contribution < 1.29 is 9.53 Å². The molecule has 2 atom stereocenters. The summed E-state index contributed by atoms with van der Waals surface area (Å²) in [5.74, 6) is 0.594. The van der Waals surface area contributed by atoms with Crippen LogP contribution in [-0.4, -0.2) is 25.7 Å². The first-order valence-corrected chi connectivity index (χ1v) is 7.74. The predicted octanol–water partition coefficient (Wildman–Crippen LogP) is 3.90. The molecule has 0 bridgehead atoms. The van der Waals surface area contributed by atoms with Crippen LogP contribution in [0.2, 0.25) is 0 Å². The van der Waals surface area contributed by atoms with Crippen LogP contribution in [0.3, 0.4) is 0 Å². The Bertz CT molecular complexity index is 417. The lowest BCUT2D eigenvalue weighted by molar-refractivity contribution is -0.119. The fraction of sp³-hybridized carbons (Fsp3) is 0.588. The molecule has 0 aliphatic rings. The lowest BCUT2D eigenvalue weighted by atomic mass is 9.97. The lowest BCUT2D eigenvalue weighted by Crippen LogP contribution is -2.21. The number of carbonyl (C=O) groups is 1. The topological polar surface area (TPSA) is 50.4 Å². The minimum Gasteiger partial charge on any atom is -0.382 e. The zero-order valence-corrected chi connectivity index (χ0v) is 13.6. The van der Waals surface area contributed by atoms with Crippen LogP contribution in [0, 0.1) is 5.92 Å². The van der Waals surface area contributed by atoms with Crippen LogP contribution in [0.1, 0.15) is 40.0 Å². The van der Waals surface area contributed by atoms with Crippen molar-refractivity contribution in [3.63, 3.8) is 0 Å². The highest BCUT2D eigenvalue weighted by atomic mass is 16.5. The standard InChI is InChI=1S/C17H28N2O2/c1-5-13(3)11-14(6-2)18-15-7-9-16(10-8-15)19-17(20)12-21-4/h7-10,13-14,18H,5-6,11-12H2,1-4H3,(H,19,20). The number of rotatable bonds is 9. The van der Waals surface area contributed by atoms with E-state index in [9.17, 15) is 4.79 Å². The van der Waals surface area contributed by atoms with Gasteiger partial charge in [0.05, 0.1) is 0 Å². The van der Waals surface area contributed by atoms with Crippen molar-refractivity contribution >= 4 is 17.3 Å². The van der Waals surface area contributed by atoms with E-state index in [0.29, 0.717) is 6.04 Å². The lowest BCUT2D eigenvalue weighted by Gasteiger charge is -2.21. The molecule has 1 aromatic carbocycles. The largest absolute Gasteiger partial charge is 0.382 e. The molecule has 2 unspecified atom stereocenters. The molecule has 0 saturated heterocycles. The van der Waals surface area contributed by atoms with Gasteiger partial charge in [-0.1, -0.05) is 27.2 Å². The third-order valence-electron chi connectivity index (χ3n) is 3.69. The molecule has 118 valence electrons. The third kappa shape index (κ3) is 6.63. The zero-order valence-electron chi connectivity index (χ0n) is 13.6. The summed E-state index contributed by atoms with van der Waals surface area (Å²) in [5, 5.41) is 6.35. The maximum absolute atomic E-state index is 11.4. The maximum atomic E-state index is 11.4. The van der Waals surface area contributed by atoms with Gasteiger partial charge in [0.1, 0.15) is 6.61 Å². The van der Waals surface area contributed by atoms with Crippen molar-refractivity contribution in [2.75, 3.05) is 24.4 Å². The van der Waals surface area contributed by atoms with Crippen LogP contribution in [-0.2, 0) is 9.53 Å². The van der Waals surface area contributed by atoms with Gasteiger partial charge in [-0.3, -0.25) is 4.79 Å². The molecule has 4 nitrogen and oxygen atoms in total. The van der Waals surface area contributed by atoms with E-state index in [-0.39, 0.29) is 12.5 Å². The van der Waals surface area contributed by atoms with Crippen LogP contribution < -0.4 is 10.6 Å². The van der Waals surface area contributed by atoms with Gasteiger partial charge in [0.25, 0.3) is 0 Å². The summed E-state index contributed by atoms with van der Waals surface area (Å²) in [6.07, 6.45) is 3.50. The number of hydrogen-bond acceptors (Lipinski definition) is 3. The number of benzene rings is 1. The second-order valence-corrected chi connectivity index (χ2v) is 5.56. The molecule has 0 heterocycles. The van der Waals surface area contributed by atoms with E-state index >= 15 is 0 Å². The van der Waals surface area contributed by atoms with Crippen LogP contribution >= 0.6 is 0 Å². The van der Waals surface area contributed by atoms with Gasteiger partial charge >= 0.3 is 0 Å². The molecule has 2 N–H and O–H groups in total. The van der Waals surface area contributed by atoms with Crippen molar-refractivity contribution in [1.82, 2.24) is 0 Å². The SMILES string of the molecule is CCC(C)CC(CC)Nc1ccc(NC(=O)COC)cc1. The van der Waals surface area contributed by atoms with Gasteiger partial charge in [-0.25, -0.2) is 0 Å². The number of amides is 1. The molecular weight excluding hydrogens is 264 g/mol. The zero-order chi connectivity index (χ0) is 15.7. The smallest absolute Gasteiger partial charge is 0.250 e. The van der Waals surface area contributed by atoms with Crippen molar-refractivity contribution in [2.24, 2.45) is 5.92 Å². The first-order valence-electron chi connectivity index (χ1n) is 7.74. The molecule has 21 heavy (non-hydrogen) atoms. The molecule has 1 amide bonds. The van der Waals surface area contributed by atoms with E-state index in [1.807, 2.05) is 24.3 Å². The quantitative estimate of drug-likeness (QED) is 0.726. The summed E-state index contributed by atoms with van der Waals surface area (Å²) >= 11 is 0. The Morgan fingerprint density at radius 3 is 2.29 bits per heavy atom. The monoisotopic (exact) mass is 292 g/mol. The number of methoxy groups -OCH3 is 1. The highest BCUT2D eigenvalue weighted by Gasteiger charge is 2.10. The molecule has 1 rings (SSSR count). The Kier molecular flexibility index (Phi) is 7.83. The molecule has 0 aliphatic heterocycles. The summed E-state index contributed by atoms with van der Waals surface area (Å²) in [6.45, 7) is 6.81. The highest BCUT2D eigenvalue weighted by Crippen LogP contribution is 2.19. The van der Waals surface area contributed by atoms with Crippen LogP contribution in [0.15, 0.2) is 24.3 Å². The van der Waals surface area contributed by atoms with E-state index in [1.54, 1.807) is 0 Å². The third-order valence-corrected chi connectivity index (χ3v) is 3.69. The first-order chi connectivity index (χ1) is 10.1. The summed E-state index contributed by atoms with van der Waals surface area (Å²) < 4.78 is 4.79. The molecule has 0 fully saturated rings. The van der Waals surface area contributed by atoms with Gasteiger partial charge in [0, 0.05) is 24.5 Å². The van der Waals surface area contributed by atoms with Crippen LogP contribution in [0.5, 0.6) is 0 Å². The number of anilines is 2. The van der Waals surface area contributed by atoms with E-state index < -0.39 is 0 Å². The number of ether oxygens (including phenoxy) is 1. The van der Waals surface area contributed by atoms with Gasteiger partial charge in [0.2, 0.25) is 5.91 Å². The number of hydrogen-bond donors (Lipinski definition) is 2. The van der Waals surface area contributed by atoms with Gasteiger partial charge in [-0.2, -0.15) is 0 Å². The molecule has 0 aromatic heterocycles. The second kappa shape index (κ2) is 9.40. The maximum Gasteiger partial charge on any atom is 0.250 e. The van der Waals surface area contributed by atoms with Gasteiger partial charge in [-0.05, 0) is 43.0 Å². The number of nitrogens with one attached hydrogen (secondary N) is 2. The minimum atomic E-state index is -0.138. The average molecular weight is 292 g/mol. The summed E-state index contributed by atoms with van der Waals surface area (Å²) in [6, 6.07) is 8.31.